The molecule has 1 fully saturated rings. The van der Waals surface area contributed by atoms with Crippen LogP contribution in [0.25, 0.3) is 0 Å². The zero-order valence-corrected chi connectivity index (χ0v) is 18.1. The van der Waals surface area contributed by atoms with E-state index < -0.39 is 48.3 Å². The van der Waals surface area contributed by atoms with Crippen molar-refractivity contribution in [3.05, 3.63) is 34.8 Å². The number of aromatic nitrogens is 2. The zero-order valence-electron chi connectivity index (χ0n) is 16.5. The molecule has 0 bridgehead atoms. The van der Waals surface area contributed by atoms with Crippen LogP contribution in [0.3, 0.4) is 0 Å². The molecule has 1 aromatic heterocycles. The van der Waals surface area contributed by atoms with Crippen LogP contribution in [-0.2, 0) is 22.2 Å². The summed E-state index contributed by atoms with van der Waals surface area (Å²) in [6, 6.07) is 3.64. The molecule has 0 saturated carbocycles. The normalized spacial score (nSPS) is 17.2. The van der Waals surface area contributed by atoms with Crippen LogP contribution in [0.15, 0.2) is 29.2 Å². The Bertz CT molecular complexity index is 1040. The van der Waals surface area contributed by atoms with E-state index in [4.69, 9.17) is 0 Å². The van der Waals surface area contributed by atoms with Gasteiger partial charge in [0.15, 0.2) is 9.84 Å². The molecular formula is C18H19F6N3O2S2. The van der Waals surface area contributed by atoms with Gasteiger partial charge in [-0.25, -0.2) is 8.42 Å². The lowest BCUT2D eigenvalue weighted by Crippen LogP contribution is -2.46. The molecule has 0 atom stereocenters. The predicted octanol–water partition coefficient (Wildman–Crippen LogP) is 5.04. The average molecular weight is 487 g/mol. The van der Waals surface area contributed by atoms with Gasteiger partial charge in [-0.2, -0.15) is 26.3 Å². The van der Waals surface area contributed by atoms with Crippen molar-refractivity contribution in [2.75, 3.05) is 18.0 Å². The Morgan fingerprint density at radius 3 is 2.13 bits per heavy atom. The lowest BCUT2D eigenvalue weighted by molar-refractivity contribution is -0.138. The number of anilines is 1. The van der Waals surface area contributed by atoms with Crippen molar-refractivity contribution in [1.29, 1.82) is 0 Å². The summed E-state index contributed by atoms with van der Waals surface area (Å²) in [5.74, 6) is -0.404. The highest BCUT2D eigenvalue weighted by Crippen LogP contribution is 2.41. The predicted molar refractivity (Wildman–Crippen MR) is 103 cm³/mol. The molecule has 0 amide bonds. The average Bonchev–Trinajstić information content (AvgIpc) is 3.18. The molecule has 0 aliphatic carbocycles. The van der Waals surface area contributed by atoms with Gasteiger partial charge in [0.25, 0.3) is 0 Å². The maximum Gasteiger partial charge on any atom is 0.445 e. The molecular weight excluding hydrogens is 468 g/mol. The van der Waals surface area contributed by atoms with Gasteiger partial charge in [-0.15, -0.1) is 10.2 Å². The number of sulfone groups is 1. The first-order chi connectivity index (χ1) is 14.1. The van der Waals surface area contributed by atoms with Gasteiger partial charge >= 0.3 is 12.4 Å². The van der Waals surface area contributed by atoms with Crippen molar-refractivity contribution in [2.45, 2.75) is 48.7 Å². The van der Waals surface area contributed by atoms with Gasteiger partial charge in [-0.05, 0) is 50.8 Å². The molecule has 1 aliphatic heterocycles. The molecule has 13 heteroatoms. The molecule has 3 rings (SSSR count). The molecule has 2 aromatic rings. The lowest BCUT2D eigenvalue weighted by atomic mass is 9.86. The third-order valence-corrected chi connectivity index (χ3v) is 9.19. The molecule has 1 saturated heterocycles. The van der Waals surface area contributed by atoms with Gasteiger partial charge in [-0.1, -0.05) is 17.4 Å². The minimum absolute atomic E-state index is 0.101. The SMILES string of the molecule is CC(C)(C1CCN(c2nnc(C(F)(F)F)s2)CC1)S(=O)(=O)c1cccc(C(F)(F)F)c1. The largest absolute Gasteiger partial charge is 0.445 e. The number of alkyl halides is 6. The summed E-state index contributed by atoms with van der Waals surface area (Å²) >= 11 is 0.415. The minimum atomic E-state index is -4.67. The van der Waals surface area contributed by atoms with Crippen molar-refractivity contribution >= 4 is 26.3 Å². The van der Waals surface area contributed by atoms with Gasteiger partial charge in [0.2, 0.25) is 10.1 Å². The Morgan fingerprint density at radius 2 is 1.61 bits per heavy atom. The Labute approximate surface area is 179 Å². The number of hydrogen-bond acceptors (Lipinski definition) is 6. The molecule has 0 unspecified atom stereocenters. The second kappa shape index (κ2) is 7.91. The van der Waals surface area contributed by atoms with Crippen LogP contribution in [0, 0.1) is 5.92 Å². The summed E-state index contributed by atoms with van der Waals surface area (Å²) < 4.78 is 102. The van der Waals surface area contributed by atoms with Crippen LogP contribution in [0.4, 0.5) is 31.5 Å². The van der Waals surface area contributed by atoms with E-state index >= 15 is 0 Å². The van der Waals surface area contributed by atoms with Gasteiger partial charge in [0, 0.05) is 13.1 Å². The Hall–Kier alpha value is -1.89. The van der Waals surface area contributed by atoms with E-state index in [0.717, 1.165) is 18.2 Å². The molecule has 0 N–H and O–H groups in total. The van der Waals surface area contributed by atoms with E-state index in [1.54, 1.807) is 4.90 Å². The van der Waals surface area contributed by atoms with Crippen LogP contribution in [-0.4, -0.2) is 36.5 Å². The minimum Gasteiger partial charge on any atom is -0.347 e. The highest BCUT2D eigenvalue weighted by Gasteiger charge is 2.45. The van der Waals surface area contributed by atoms with Gasteiger partial charge in [-0.3, -0.25) is 0 Å². The van der Waals surface area contributed by atoms with Gasteiger partial charge in [0.05, 0.1) is 15.2 Å². The van der Waals surface area contributed by atoms with Crippen molar-refractivity contribution in [3.8, 4) is 0 Å². The first kappa shape index (κ1) is 23.8. The summed E-state index contributed by atoms with van der Waals surface area (Å²) in [4.78, 5) is 1.20. The topological polar surface area (TPSA) is 63.2 Å². The maximum atomic E-state index is 13.2. The number of benzene rings is 1. The summed E-state index contributed by atoms with van der Waals surface area (Å²) in [5.41, 5.74) is -1.05. The monoisotopic (exact) mass is 487 g/mol. The molecule has 0 spiro atoms. The smallest absolute Gasteiger partial charge is 0.347 e. The Balaban J connectivity index is 1.77. The summed E-state index contributed by atoms with van der Waals surface area (Å²) in [6.45, 7) is 3.46. The molecule has 31 heavy (non-hydrogen) atoms. The molecule has 5 nitrogen and oxygen atoms in total. The first-order valence-corrected chi connectivity index (χ1v) is 11.5. The highest BCUT2D eigenvalue weighted by molar-refractivity contribution is 7.92. The van der Waals surface area contributed by atoms with E-state index in [2.05, 4.69) is 10.2 Å². The van der Waals surface area contributed by atoms with Crippen LogP contribution in [0.5, 0.6) is 0 Å². The first-order valence-electron chi connectivity index (χ1n) is 9.21. The number of nitrogens with zero attached hydrogens (tertiary/aromatic N) is 3. The van der Waals surface area contributed by atoms with Gasteiger partial charge < -0.3 is 4.90 Å². The van der Waals surface area contributed by atoms with E-state index in [1.807, 2.05) is 0 Å². The third kappa shape index (κ3) is 4.66. The molecule has 0 radical (unpaired) electrons. The number of halogens is 6. The third-order valence-electron chi connectivity index (χ3n) is 5.57. The van der Waals surface area contributed by atoms with Crippen molar-refractivity contribution in [2.24, 2.45) is 5.92 Å². The number of rotatable bonds is 4. The van der Waals surface area contributed by atoms with Crippen molar-refractivity contribution < 1.29 is 34.8 Å². The number of piperidine rings is 1. The summed E-state index contributed by atoms with van der Waals surface area (Å²) in [5, 5.41) is 5.77. The second-order valence-electron chi connectivity index (χ2n) is 7.78. The van der Waals surface area contributed by atoms with Crippen molar-refractivity contribution in [3.63, 3.8) is 0 Å². The van der Waals surface area contributed by atoms with E-state index in [0.29, 0.717) is 30.2 Å². The van der Waals surface area contributed by atoms with E-state index in [-0.39, 0.29) is 18.2 Å². The molecule has 172 valence electrons. The second-order valence-corrected chi connectivity index (χ2v) is 11.3. The van der Waals surface area contributed by atoms with Gasteiger partial charge in [0.1, 0.15) is 0 Å². The lowest BCUT2D eigenvalue weighted by Gasteiger charge is -2.40. The maximum absolute atomic E-state index is 13.2. The quantitative estimate of drug-likeness (QED) is 0.566. The van der Waals surface area contributed by atoms with Crippen LogP contribution < -0.4 is 4.90 Å². The van der Waals surface area contributed by atoms with Crippen LogP contribution in [0.2, 0.25) is 0 Å². The fourth-order valence-corrected chi connectivity index (χ4v) is 6.17. The molecule has 1 aromatic carbocycles. The molecule has 2 heterocycles. The molecule has 1 aliphatic rings. The zero-order chi connectivity index (χ0) is 23.2. The number of hydrogen-bond donors (Lipinski definition) is 0. The fourth-order valence-electron chi connectivity index (χ4n) is 3.59. The van der Waals surface area contributed by atoms with E-state index in [1.165, 1.54) is 13.8 Å². The Kier molecular flexibility index (Phi) is 6.06. The van der Waals surface area contributed by atoms with E-state index in [9.17, 15) is 34.8 Å². The van der Waals surface area contributed by atoms with Crippen LogP contribution in [0.1, 0.15) is 37.3 Å². The standard InChI is InChI=1S/C18H19F6N3O2S2/c1-16(2,31(28,29)13-5-3-4-12(10-13)17(19,20)21)11-6-8-27(9-7-11)15-26-25-14(30-15)18(22,23)24/h3-5,10-11H,6-9H2,1-2H3. The summed E-state index contributed by atoms with van der Waals surface area (Å²) in [6.07, 6.45) is -8.61. The van der Waals surface area contributed by atoms with Crippen molar-refractivity contribution in [1.82, 2.24) is 10.2 Å². The summed E-state index contributed by atoms with van der Waals surface area (Å²) in [7, 11) is -4.11. The Morgan fingerprint density at radius 1 is 1.00 bits per heavy atom. The highest BCUT2D eigenvalue weighted by atomic mass is 32.2. The fraction of sp³-hybridized carbons (Fsp3) is 0.556. The van der Waals surface area contributed by atoms with Crippen LogP contribution >= 0.6 is 11.3 Å².